The molecule has 0 saturated heterocycles. The molecule has 0 fully saturated rings. The van der Waals surface area contributed by atoms with Crippen LogP contribution in [0, 0.1) is 11.6 Å². The van der Waals surface area contributed by atoms with Gasteiger partial charge in [0.05, 0.1) is 4.90 Å². The summed E-state index contributed by atoms with van der Waals surface area (Å²) in [4.78, 5) is 11.6. The van der Waals surface area contributed by atoms with E-state index in [1.54, 1.807) is 0 Å². The van der Waals surface area contributed by atoms with Gasteiger partial charge in [0.15, 0.2) is 0 Å². The van der Waals surface area contributed by atoms with Crippen molar-refractivity contribution in [3.63, 3.8) is 0 Å². The predicted octanol–water partition coefficient (Wildman–Crippen LogP) is 2.27. The van der Waals surface area contributed by atoms with Crippen LogP contribution in [0.3, 0.4) is 0 Å². The van der Waals surface area contributed by atoms with E-state index >= 15 is 0 Å². The van der Waals surface area contributed by atoms with E-state index in [-0.39, 0.29) is 17.9 Å². The molecule has 0 aliphatic rings. The molecule has 0 aromatic heterocycles. The number of hydrogen-bond acceptors (Lipinski definition) is 3. The highest BCUT2D eigenvalue weighted by molar-refractivity contribution is 7.89. The molecule has 0 aliphatic heterocycles. The van der Waals surface area contributed by atoms with Crippen LogP contribution in [0.15, 0.2) is 53.4 Å². The lowest BCUT2D eigenvalue weighted by Crippen LogP contribution is -2.27. The second-order valence-electron chi connectivity index (χ2n) is 4.66. The minimum atomic E-state index is -3.80. The zero-order chi connectivity index (χ0) is 16.9. The molecule has 2 N–H and O–H groups in total. The summed E-state index contributed by atoms with van der Waals surface area (Å²) in [5.41, 5.74) is 0.415. The molecule has 2 aromatic rings. The number of benzene rings is 2. The molecule has 2 aromatic carbocycles. The molecular weight excluding hydrogens is 326 g/mol. The lowest BCUT2D eigenvalue weighted by atomic mass is 10.3. The van der Waals surface area contributed by atoms with Gasteiger partial charge in [-0.15, -0.1) is 0 Å². The van der Waals surface area contributed by atoms with Gasteiger partial charge in [-0.25, -0.2) is 21.9 Å². The first-order valence-electron chi connectivity index (χ1n) is 6.67. The number of rotatable bonds is 6. The molecule has 0 atom stereocenters. The molecule has 5 nitrogen and oxygen atoms in total. The Balaban J connectivity index is 1.85. The van der Waals surface area contributed by atoms with Crippen molar-refractivity contribution in [2.24, 2.45) is 0 Å². The molecule has 122 valence electrons. The average molecular weight is 340 g/mol. The van der Waals surface area contributed by atoms with Gasteiger partial charge in [-0.1, -0.05) is 0 Å². The second kappa shape index (κ2) is 7.30. The molecule has 23 heavy (non-hydrogen) atoms. The lowest BCUT2D eigenvalue weighted by Gasteiger charge is -2.07. The van der Waals surface area contributed by atoms with Gasteiger partial charge in [-0.2, -0.15) is 0 Å². The van der Waals surface area contributed by atoms with E-state index in [9.17, 15) is 22.0 Å². The summed E-state index contributed by atoms with van der Waals surface area (Å²) in [6.07, 6.45) is -0.0994. The van der Waals surface area contributed by atoms with Crippen LogP contribution in [0.1, 0.15) is 6.42 Å². The maximum atomic E-state index is 12.8. The summed E-state index contributed by atoms with van der Waals surface area (Å²) >= 11 is 0. The fraction of sp³-hybridized carbons (Fsp3) is 0.133. The maximum Gasteiger partial charge on any atom is 0.240 e. The van der Waals surface area contributed by atoms with Crippen molar-refractivity contribution in [3.8, 4) is 0 Å². The minimum Gasteiger partial charge on any atom is -0.326 e. The number of carbonyl (C=O) groups is 1. The third-order valence-electron chi connectivity index (χ3n) is 2.90. The Hall–Kier alpha value is -2.32. The number of halogens is 2. The summed E-state index contributed by atoms with van der Waals surface area (Å²) in [5, 5.41) is 2.51. The maximum absolute atomic E-state index is 12.8. The standard InChI is InChI=1S/C15H14F2N2O3S/c16-11-1-5-13(6-2-11)19-15(20)9-10-18-23(21,22)14-7-3-12(17)4-8-14/h1-8,18H,9-10H2,(H,19,20). The van der Waals surface area contributed by atoms with E-state index in [2.05, 4.69) is 10.0 Å². The largest absolute Gasteiger partial charge is 0.326 e. The highest BCUT2D eigenvalue weighted by Crippen LogP contribution is 2.10. The van der Waals surface area contributed by atoms with Crippen LogP contribution in [0.25, 0.3) is 0 Å². The van der Waals surface area contributed by atoms with Gasteiger partial charge >= 0.3 is 0 Å². The van der Waals surface area contributed by atoms with E-state index in [4.69, 9.17) is 0 Å². The molecule has 8 heteroatoms. The first kappa shape index (κ1) is 17.0. The Labute approximate surface area is 132 Å². The topological polar surface area (TPSA) is 75.3 Å². The van der Waals surface area contributed by atoms with E-state index in [1.807, 2.05) is 0 Å². The van der Waals surface area contributed by atoms with Crippen LogP contribution in [0.2, 0.25) is 0 Å². The minimum absolute atomic E-state index is 0.0853. The monoisotopic (exact) mass is 340 g/mol. The number of nitrogens with one attached hydrogen (secondary N) is 2. The molecule has 0 radical (unpaired) electrons. The Kier molecular flexibility index (Phi) is 5.41. The van der Waals surface area contributed by atoms with Gasteiger partial charge in [-0.3, -0.25) is 4.79 Å². The third-order valence-corrected chi connectivity index (χ3v) is 4.37. The number of sulfonamides is 1. The summed E-state index contributed by atoms with van der Waals surface area (Å²) in [7, 11) is -3.80. The number of hydrogen-bond donors (Lipinski definition) is 2. The Morgan fingerprint density at radius 2 is 1.43 bits per heavy atom. The van der Waals surface area contributed by atoms with Crippen LogP contribution in [-0.2, 0) is 14.8 Å². The Morgan fingerprint density at radius 1 is 0.913 bits per heavy atom. The van der Waals surface area contributed by atoms with Crippen molar-refractivity contribution in [2.75, 3.05) is 11.9 Å². The van der Waals surface area contributed by atoms with Crippen LogP contribution < -0.4 is 10.0 Å². The molecule has 1 amide bonds. The zero-order valence-corrected chi connectivity index (χ0v) is 12.7. The first-order chi connectivity index (χ1) is 10.9. The molecule has 0 aliphatic carbocycles. The van der Waals surface area contributed by atoms with E-state index in [1.165, 1.54) is 24.3 Å². The van der Waals surface area contributed by atoms with Crippen molar-refractivity contribution in [3.05, 3.63) is 60.2 Å². The number of amides is 1. The third kappa shape index (κ3) is 5.11. The van der Waals surface area contributed by atoms with Gasteiger partial charge in [0.2, 0.25) is 15.9 Å². The van der Waals surface area contributed by atoms with Crippen molar-refractivity contribution in [1.82, 2.24) is 4.72 Å². The predicted molar refractivity (Wildman–Crippen MR) is 81.2 cm³/mol. The van der Waals surface area contributed by atoms with Crippen molar-refractivity contribution in [1.29, 1.82) is 0 Å². The smallest absolute Gasteiger partial charge is 0.240 e. The molecule has 2 rings (SSSR count). The second-order valence-corrected chi connectivity index (χ2v) is 6.42. The van der Waals surface area contributed by atoms with Gasteiger partial charge in [0.25, 0.3) is 0 Å². The van der Waals surface area contributed by atoms with Gasteiger partial charge in [-0.05, 0) is 48.5 Å². The normalized spacial score (nSPS) is 11.2. The zero-order valence-electron chi connectivity index (χ0n) is 11.9. The van der Waals surface area contributed by atoms with E-state index < -0.39 is 27.6 Å². The van der Waals surface area contributed by atoms with Gasteiger partial charge in [0.1, 0.15) is 11.6 Å². The fourth-order valence-electron chi connectivity index (χ4n) is 1.75. The molecule has 0 bridgehead atoms. The van der Waals surface area contributed by atoms with Crippen molar-refractivity contribution in [2.45, 2.75) is 11.3 Å². The molecule has 0 saturated carbocycles. The van der Waals surface area contributed by atoms with Crippen LogP contribution in [0.5, 0.6) is 0 Å². The summed E-state index contributed by atoms with van der Waals surface area (Å²) in [6.45, 7) is -0.118. The quantitative estimate of drug-likeness (QED) is 0.847. The lowest BCUT2D eigenvalue weighted by molar-refractivity contribution is -0.116. The van der Waals surface area contributed by atoms with Gasteiger partial charge < -0.3 is 5.32 Å². The highest BCUT2D eigenvalue weighted by atomic mass is 32.2. The SMILES string of the molecule is O=C(CCNS(=O)(=O)c1ccc(F)cc1)Nc1ccc(F)cc1. The summed E-state index contributed by atoms with van der Waals surface area (Å²) < 4.78 is 51.6. The van der Waals surface area contributed by atoms with E-state index in [0.717, 1.165) is 24.3 Å². The fourth-order valence-corrected chi connectivity index (χ4v) is 2.78. The van der Waals surface area contributed by atoms with Crippen LogP contribution in [-0.4, -0.2) is 20.9 Å². The van der Waals surface area contributed by atoms with Gasteiger partial charge in [0, 0.05) is 18.7 Å². The molecular formula is C15H14F2N2O3S. The summed E-state index contributed by atoms with van der Waals surface area (Å²) in [5.74, 6) is -1.38. The molecule has 0 heterocycles. The van der Waals surface area contributed by atoms with Crippen LogP contribution in [0.4, 0.5) is 14.5 Å². The Morgan fingerprint density at radius 3 is 2.00 bits per heavy atom. The Bertz CT molecular complexity index is 775. The van der Waals surface area contributed by atoms with E-state index in [0.29, 0.717) is 5.69 Å². The van der Waals surface area contributed by atoms with Crippen LogP contribution >= 0.6 is 0 Å². The number of anilines is 1. The number of carbonyl (C=O) groups excluding carboxylic acids is 1. The molecule has 0 spiro atoms. The molecule has 0 unspecified atom stereocenters. The highest BCUT2D eigenvalue weighted by Gasteiger charge is 2.14. The van der Waals surface area contributed by atoms with Crippen molar-refractivity contribution < 1.29 is 22.0 Å². The van der Waals surface area contributed by atoms with Crippen molar-refractivity contribution >= 4 is 21.6 Å². The average Bonchev–Trinajstić information content (AvgIpc) is 2.50. The first-order valence-corrected chi connectivity index (χ1v) is 8.16. The summed E-state index contributed by atoms with van der Waals surface area (Å²) in [6, 6.07) is 9.55.